The maximum absolute atomic E-state index is 15.1. The molecule has 1 aromatic heterocycles. The summed E-state index contributed by atoms with van der Waals surface area (Å²) in [6.45, 7) is 3.26. The first kappa shape index (κ1) is 21.1. The standard InChI is InChI=1S/C24H26FN3O3/c1-16-11-12-28-23(31-16)21(24(29)30-15-17-7-5-4-6-8-17)22(26-28)19-10-9-18(13-20(19)25)14-27(2)3/h4-10,13,16H,11-12,14-15H2,1-3H3/t16-/m1/s1. The van der Waals surface area contributed by atoms with E-state index in [1.807, 2.05) is 62.3 Å². The van der Waals surface area contributed by atoms with E-state index in [2.05, 4.69) is 5.10 Å². The zero-order valence-corrected chi connectivity index (χ0v) is 18.0. The normalized spacial score (nSPS) is 15.5. The van der Waals surface area contributed by atoms with Crippen LogP contribution in [0.5, 0.6) is 5.88 Å². The number of carbonyl (C=O) groups excluding carboxylic acids is 1. The topological polar surface area (TPSA) is 56.6 Å². The van der Waals surface area contributed by atoms with Crippen LogP contribution in [0.25, 0.3) is 11.3 Å². The number of ether oxygens (including phenoxy) is 2. The number of esters is 1. The molecule has 0 saturated heterocycles. The largest absolute Gasteiger partial charge is 0.474 e. The fourth-order valence-corrected chi connectivity index (χ4v) is 3.65. The number of nitrogens with zero attached hydrogens (tertiary/aromatic N) is 3. The summed E-state index contributed by atoms with van der Waals surface area (Å²) in [5, 5.41) is 4.52. The molecule has 0 radical (unpaired) electrons. The van der Waals surface area contributed by atoms with E-state index in [4.69, 9.17) is 9.47 Å². The van der Waals surface area contributed by atoms with Gasteiger partial charge in [-0.2, -0.15) is 5.10 Å². The average molecular weight is 423 g/mol. The van der Waals surface area contributed by atoms with Crippen molar-refractivity contribution in [2.24, 2.45) is 0 Å². The highest BCUT2D eigenvalue weighted by atomic mass is 19.1. The summed E-state index contributed by atoms with van der Waals surface area (Å²) in [6, 6.07) is 14.4. The molecule has 0 N–H and O–H groups in total. The third kappa shape index (κ3) is 4.61. The van der Waals surface area contributed by atoms with Gasteiger partial charge in [-0.05, 0) is 44.3 Å². The highest BCUT2D eigenvalue weighted by Crippen LogP contribution is 2.36. The van der Waals surface area contributed by atoms with E-state index >= 15 is 4.39 Å². The van der Waals surface area contributed by atoms with Gasteiger partial charge in [0.05, 0.1) is 6.10 Å². The molecule has 3 aromatic rings. The van der Waals surface area contributed by atoms with Crippen molar-refractivity contribution >= 4 is 5.97 Å². The van der Waals surface area contributed by atoms with E-state index in [9.17, 15) is 4.79 Å². The van der Waals surface area contributed by atoms with Crippen LogP contribution in [0, 0.1) is 5.82 Å². The number of hydrogen-bond acceptors (Lipinski definition) is 5. The Labute approximate surface area is 181 Å². The van der Waals surface area contributed by atoms with Crippen molar-refractivity contribution in [2.75, 3.05) is 14.1 Å². The van der Waals surface area contributed by atoms with E-state index in [1.165, 1.54) is 6.07 Å². The first-order valence-corrected chi connectivity index (χ1v) is 10.3. The van der Waals surface area contributed by atoms with Crippen LogP contribution in [-0.4, -0.2) is 40.8 Å². The number of halogens is 1. The van der Waals surface area contributed by atoms with Crippen LogP contribution < -0.4 is 4.74 Å². The van der Waals surface area contributed by atoms with Gasteiger partial charge in [-0.3, -0.25) is 0 Å². The summed E-state index contributed by atoms with van der Waals surface area (Å²) in [5.41, 5.74) is 2.38. The molecule has 1 atom stereocenters. The zero-order valence-electron chi connectivity index (χ0n) is 18.0. The summed E-state index contributed by atoms with van der Waals surface area (Å²) in [6.07, 6.45) is 0.696. The molecule has 0 aliphatic carbocycles. The van der Waals surface area contributed by atoms with E-state index < -0.39 is 11.8 Å². The Balaban J connectivity index is 1.70. The minimum atomic E-state index is -0.578. The van der Waals surface area contributed by atoms with Gasteiger partial charge in [0.2, 0.25) is 5.88 Å². The highest BCUT2D eigenvalue weighted by molar-refractivity contribution is 5.99. The molecular formula is C24H26FN3O3. The minimum absolute atomic E-state index is 0.0648. The SMILES string of the molecule is C[C@@H]1CCn2nc(-c3ccc(CN(C)C)cc3F)c(C(=O)OCc3ccccc3)c2O1. The smallest absolute Gasteiger partial charge is 0.346 e. The van der Waals surface area contributed by atoms with Crippen molar-refractivity contribution in [3.8, 4) is 17.1 Å². The number of rotatable bonds is 6. The van der Waals surface area contributed by atoms with Crippen LogP contribution in [0.1, 0.15) is 34.8 Å². The van der Waals surface area contributed by atoms with Crippen LogP contribution in [0.15, 0.2) is 48.5 Å². The van der Waals surface area contributed by atoms with Crippen molar-refractivity contribution in [1.29, 1.82) is 0 Å². The lowest BCUT2D eigenvalue weighted by atomic mass is 10.0. The van der Waals surface area contributed by atoms with Crippen molar-refractivity contribution in [3.63, 3.8) is 0 Å². The monoisotopic (exact) mass is 423 g/mol. The Morgan fingerprint density at radius 3 is 2.71 bits per heavy atom. The van der Waals surface area contributed by atoms with E-state index in [0.717, 1.165) is 17.5 Å². The number of carbonyl (C=O) groups is 1. The second kappa shape index (κ2) is 8.89. The van der Waals surface area contributed by atoms with Crippen molar-refractivity contribution < 1.29 is 18.7 Å². The number of hydrogen-bond donors (Lipinski definition) is 0. The summed E-state index contributed by atoms with van der Waals surface area (Å²) in [4.78, 5) is 15.1. The predicted octanol–water partition coefficient (Wildman–Crippen LogP) is 4.28. The summed E-state index contributed by atoms with van der Waals surface area (Å²) in [5.74, 6) is -0.672. The van der Waals surface area contributed by atoms with Gasteiger partial charge in [0.25, 0.3) is 0 Å². The Bertz CT molecular complexity index is 1080. The molecule has 0 spiro atoms. The zero-order chi connectivity index (χ0) is 22.0. The molecule has 0 unspecified atom stereocenters. The molecule has 1 aliphatic heterocycles. The fraction of sp³-hybridized carbons (Fsp3) is 0.333. The van der Waals surface area contributed by atoms with Crippen LogP contribution in [-0.2, 0) is 24.4 Å². The van der Waals surface area contributed by atoms with Gasteiger partial charge in [-0.25, -0.2) is 13.9 Å². The Morgan fingerprint density at radius 2 is 2.00 bits per heavy atom. The number of benzene rings is 2. The molecule has 6 nitrogen and oxygen atoms in total. The van der Waals surface area contributed by atoms with Crippen molar-refractivity contribution in [1.82, 2.24) is 14.7 Å². The fourth-order valence-electron chi connectivity index (χ4n) is 3.65. The Kier molecular flexibility index (Phi) is 6.04. The molecule has 1 aliphatic rings. The second-order valence-corrected chi connectivity index (χ2v) is 8.08. The molecule has 4 rings (SSSR count). The molecule has 162 valence electrons. The molecule has 2 aromatic carbocycles. The lowest BCUT2D eigenvalue weighted by Crippen LogP contribution is -2.24. The minimum Gasteiger partial charge on any atom is -0.474 e. The molecular weight excluding hydrogens is 397 g/mol. The van der Waals surface area contributed by atoms with E-state index in [-0.39, 0.29) is 29.5 Å². The van der Waals surface area contributed by atoms with E-state index in [0.29, 0.717) is 19.0 Å². The lowest BCUT2D eigenvalue weighted by Gasteiger charge is -2.21. The number of fused-ring (bicyclic) bond motifs is 1. The molecule has 2 heterocycles. The van der Waals surface area contributed by atoms with Crippen molar-refractivity contribution in [2.45, 2.75) is 39.1 Å². The van der Waals surface area contributed by atoms with Gasteiger partial charge < -0.3 is 14.4 Å². The summed E-state index contributed by atoms with van der Waals surface area (Å²) >= 11 is 0. The summed E-state index contributed by atoms with van der Waals surface area (Å²) in [7, 11) is 3.85. The molecule has 0 saturated carbocycles. The van der Waals surface area contributed by atoms with Crippen LogP contribution >= 0.6 is 0 Å². The van der Waals surface area contributed by atoms with Gasteiger partial charge in [-0.1, -0.05) is 36.4 Å². The molecule has 7 heteroatoms. The quantitative estimate of drug-likeness (QED) is 0.554. The van der Waals surface area contributed by atoms with Crippen LogP contribution in [0.3, 0.4) is 0 Å². The maximum Gasteiger partial charge on any atom is 0.346 e. The van der Waals surface area contributed by atoms with Gasteiger partial charge in [0.15, 0.2) is 0 Å². The van der Waals surface area contributed by atoms with E-state index in [1.54, 1.807) is 10.7 Å². The third-order valence-electron chi connectivity index (χ3n) is 5.17. The first-order valence-electron chi connectivity index (χ1n) is 10.3. The molecule has 0 fully saturated rings. The Hall–Kier alpha value is -3.19. The van der Waals surface area contributed by atoms with Crippen LogP contribution in [0.2, 0.25) is 0 Å². The number of aromatic nitrogens is 2. The molecule has 0 bridgehead atoms. The van der Waals surface area contributed by atoms with Gasteiger partial charge >= 0.3 is 5.97 Å². The highest BCUT2D eigenvalue weighted by Gasteiger charge is 2.32. The van der Waals surface area contributed by atoms with Gasteiger partial charge in [0, 0.05) is 25.1 Å². The van der Waals surface area contributed by atoms with Crippen LogP contribution in [0.4, 0.5) is 4.39 Å². The average Bonchev–Trinajstić information content (AvgIpc) is 3.10. The molecule has 31 heavy (non-hydrogen) atoms. The van der Waals surface area contributed by atoms with Crippen molar-refractivity contribution in [3.05, 3.63) is 71.0 Å². The molecule has 0 amide bonds. The Morgan fingerprint density at radius 1 is 1.23 bits per heavy atom. The number of aryl methyl sites for hydroxylation is 1. The lowest BCUT2D eigenvalue weighted by molar-refractivity contribution is 0.0462. The first-order chi connectivity index (χ1) is 14.9. The van der Waals surface area contributed by atoms with Gasteiger partial charge in [0.1, 0.15) is 23.7 Å². The second-order valence-electron chi connectivity index (χ2n) is 8.08. The predicted molar refractivity (Wildman–Crippen MR) is 115 cm³/mol. The summed E-state index contributed by atoms with van der Waals surface area (Å²) < 4.78 is 28.2. The van der Waals surface area contributed by atoms with Gasteiger partial charge in [-0.15, -0.1) is 0 Å². The maximum atomic E-state index is 15.1. The third-order valence-corrected chi connectivity index (χ3v) is 5.17.